The summed E-state index contributed by atoms with van der Waals surface area (Å²) < 4.78 is 10.7. The Balaban J connectivity index is 2.23. The maximum Gasteiger partial charge on any atom is 0.166 e. The topological polar surface area (TPSA) is 51.0 Å². The van der Waals surface area contributed by atoms with Gasteiger partial charge in [-0.25, -0.2) is 0 Å². The molecule has 0 fully saturated rings. The fourth-order valence-corrected chi connectivity index (χ4v) is 2.20. The number of rotatable bonds is 6. The standard InChI is InChI=1S/C18H21NO3/c1-4-22-17-11-7-8-14(18(17)20)12-19-13(2)15-9-5-6-10-16(15)21-3/h5-13,20H,4H2,1-3H3/t13-/m1/s1. The highest BCUT2D eigenvalue weighted by atomic mass is 16.5. The van der Waals surface area contributed by atoms with Crippen molar-refractivity contribution in [3.8, 4) is 17.2 Å². The molecule has 1 atom stereocenters. The molecular weight excluding hydrogens is 278 g/mol. The molecule has 0 saturated heterocycles. The summed E-state index contributed by atoms with van der Waals surface area (Å²) >= 11 is 0. The maximum absolute atomic E-state index is 10.2. The van der Waals surface area contributed by atoms with Crippen molar-refractivity contribution in [2.45, 2.75) is 19.9 Å². The number of benzene rings is 2. The number of hydrogen-bond donors (Lipinski definition) is 1. The van der Waals surface area contributed by atoms with Crippen molar-refractivity contribution in [1.29, 1.82) is 0 Å². The second kappa shape index (κ2) is 7.50. The summed E-state index contributed by atoms with van der Waals surface area (Å²) in [5.74, 6) is 1.39. The molecule has 2 rings (SSSR count). The van der Waals surface area contributed by atoms with E-state index >= 15 is 0 Å². The molecular formula is C18H21NO3. The van der Waals surface area contributed by atoms with Gasteiger partial charge in [-0.2, -0.15) is 0 Å². The van der Waals surface area contributed by atoms with E-state index in [9.17, 15) is 5.11 Å². The number of nitrogens with zero attached hydrogens (tertiary/aromatic N) is 1. The van der Waals surface area contributed by atoms with E-state index in [2.05, 4.69) is 4.99 Å². The smallest absolute Gasteiger partial charge is 0.166 e. The van der Waals surface area contributed by atoms with Crippen LogP contribution in [0.15, 0.2) is 47.5 Å². The minimum atomic E-state index is -0.0775. The Morgan fingerprint density at radius 2 is 1.86 bits per heavy atom. The lowest BCUT2D eigenvalue weighted by Gasteiger charge is -2.12. The molecule has 4 heteroatoms. The lowest BCUT2D eigenvalue weighted by atomic mass is 10.1. The summed E-state index contributed by atoms with van der Waals surface area (Å²) in [4.78, 5) is 4.51. The zero-order valence-electron chi connectivity index (χ0n) is 13.1. The predicted molar refractivity (Wildman–Crippen MR) is 88.3 cm³/mol. The molecule has 0 aliphatic rings. The van der Waals surface area contributed by atoms with E-state index in [-0.39, 0.29) is 11.8 Å². The average Bonchev–Trinajstić information content (AvgIpc) is 2.55. The van der Waals surface area contributed by atoms with Gasteiger partial charge in [0, 0.05) is 17.3 Å². The van der Waals surface area contributed by atoms with Crippen molar-refractivity contribution in [2.24, 2.45) is 4.99 Å². The Bertz CT molecular complexity index is 653. The second-order valence-electron chi connectivity index (χ2n) is 4.82. The number of para-hydroxylation sites is 2. The fourth-order valence-electron chi connectivity index (χ4n) is 2.20. The van der Waals surface area contributed by atoms with Crippen molar-refractivity contribution >= 4 is 6.21 Å². The fraction of sp³-hybridized carbons (Fsp3) is 0.278. The minimum absolute atomic E-state index is 0.0775. The summed E-state index contributed by atoms with van der Waals surface area (Å²) in [6.07, 6.45) is 1.66. The minimum Gasteiger partial charge on any atom is -0.504 e. The number of aliphatic imine (C=N–C) groups is 1. The number of aromatic hydroxyl groups is 1. The van der Waals surface area contributed by atoms with E-state index in [0.717, 1.165) is 11.3 Å². The normalized spacial score (nSPS) is 12.3. The first-order valence-electron chi connectivity index (χ1n) is 7.28. The number of phenols is 1. The highest BCUT2D eigenvalue weighted by Crippen LogP contribution is 2.30. The molecule has 0 saturated carbocycles. The third-order valence-corrected chi connectivity index (χ3v) is 3.36. The lowest BCUT2D eigenvalue weighted by Crippen LogP contribution is -1.97. The van der Waals surface area contributed by atoms with Gasteiger partial charge in [0.15, 0.2) is 11.5 Å². The van der Waals surface area contributed by atoms with Crippen molar-refractivity contribution < 1.29 is 14.6 Å². The molecule has 4 nitrogen and oxygen atoms in total. The highest BCUT2D eigenvalue weighted by molar-refractivity contribution is 5.85. The molecule has 0 heterocycles. The van der Waals surface area contributed by atoms with Crippen LogP contribution < -0.4 is 9.47 Å². The molecule has 0 spiro atoms. The number of ether oxygens (including phenoxy) is 2. The summed E-state index contributed by atoms with van der Waals surface area (Å²) in [7, 11) is 1.65. The van der Waals surface area contributed by atoms with Crippen molar-refractivity contribution in [3.05, 3.63) is 53.6 Å². The zero-order chi connectivity index (χ0) is 15.9. The summed E-state index contributed by atoms with van der Waals surface area (Å²) in [6.45, 7) is 4.37. The molecule has 0 unspecified atom stereocenters. The van der Waals surface area contributed by atoms with E-state index in [1.807, 2.05) is 44.2 Å². The van der Waals surface area contributed by atoms with Gasteiger partial charge in [-0.15, -0.1) is 0 Å². The first kappa shape index (κ1) is 15.9. The van der Waals surface area contributed by atoms with Gasteiger partial charge in [0.25, 0.3) is 0 Å². The van der Waals surface area contributed by atoms with Crippen LogP contribution in [0.5, 0.6) is 17.2 Å². The van der Waals surface area contributed by atoms with Gasteiger partial charge < -0.3 is 14.6 Å². The number of phenolic OH excluding ortho intramolecular Hbond substituents is 1. The molecule has 0 amide bonds. The van der Waals surface area contributed by atoms with Gasteiger partial charge in [-0.1, -0.05) is 24.3 Å². The molecule has 0 bridgehead atoms. The quantitative estimate of drug-likeness (QED) is 0.821. The lowest BCUT2D eigenvalue weighted by molar-refractivity contribution is 0.318. The molecule has 0 radical (unpaired) electrons. The van der Waals surface area contributed by atoms with Crippen LogP contribution in [0.4, 0.5) is 0 Å². The molecule has 2 aromatic carbocycles. The summed E-state index contributed by atoms with van der Waals surface area (Å²) in [5.41, 5.74) is 1.63. The highest BCUT2D eigenvalue weighted by Gasteiger charge is 2.10. The Morgan fingerprint density at radius 3 is 2.59 bits per heavy atom. The molecule has 22 heavy (non-hydrogen) atoms. The van der Waals surface area contributed by atoms with Crippen LogP contribution in [0.2, 0.25) is 0 Å². The largest absolute Gasteiger partial charge is 0.504 e. The molecule has 2 aromatic rings. The number of hydrogen-bond acceptors (Lipinski definition) is 4. The van der Waals surface area contributed by atoms with E-state index in [1.165, 1.54) is 0 Å². The van der Waals surface area contributed by atoms with E-state index < -0.39 is 0 Å². The van der Waals surface area contributed by atoms with E-state index in [0.29, 0.717) is 17.9 Å². The van der Waals surface area contributed by atoms with Crippen LogP contribution in [-0.2, 0) is 0 Å². The van der Waals surface area contributed by atoms with Gasteiger partial charge in [-0.05, 0) is 32.0 Å². The van der Waals surface area contributed by atoms with Gasteiger partial charge in [-0.3, -0.25) is 4.99 Å². The van der Waals surface area contributed by atoms with Crippen LogP contribution in [-0.4, -0.2) is 25.0 Å². The van der Waals surface area contributed by atoms with E-state index in [4.69, 9.17) is 9.47 Å². The van der Waals surface area contributed by atoms with Gasteiger partial charge in [0.05, 0.1) is 19.8 Å². The van der Waals surface area contributed by atoms with Crippen LogP contribution >= 0.6 is 0 Å². The Hall–Kier alpha value is -2.49. The van der Waals surface area contributed by atoms with Gasteiger partial charge in [0.2, 0.25) is 0 Å². The van der Waals surface area contributed by atoms with Crippen LogP contribution in [0, 0.1) is 0 Å². The predicted octanol–water partition coefficient (Wildman–Crippen LogP) is 3.98. The Labute approximate surface area is 131 Å². The van der Waals surface area contributed by atoms with Gasteiger partial charge in [0.1, 0.15) is 5.75 Å². The number of methoxy groups -OCH3 is 1. The average molecular weight is 299 g/mol. The molecule has 116 valence electrons. The van der Waals surface area contributed by atoms with Crippen molar-refractivity contribution in [3.63, 3.8) is 0 Å². The third-order valence-electron chi connectivity index (χ3n) is 3.36. The van der Waals surface area contributed by atoms with Crippen molar-refractivity contribution in [2.75, 3.05) is 13.7 Å². The first-order chi connectivity index (χ1) is 10.7. The second-order valence-corrected chi connectivity index (χ2v) is 4.82. The van der Waals surface area contributed by atoms with Crippen LogP contribution in [0.25, 0.3) is 0 Å². The first-order valence-corrected chi connectivity index (χ1v) is 7.28. The van der Waals surface area contributed by atoms with Gasteiger partial charge >= 0.3 is 0 Å². The molecule has 0 aliphatic heterocycles. The summed E-state index contributed by atoms with van der Waals surface area (Å²) in [6, 6.07) is 13.1. The molecule has 1 N–H and O–H groups in total. The molecule has 0 aliphatic carbocycles. The summed E-state index contributed by atoms with van der Waals surface area (Å²) in [5, 5.41) is 10.2. The Morgan fingerprint density at radius 1 is 1.14 bits per heavy atom. The van der Waals surface area contributed by atoms with Crippen LogP contribution in [0.3, 0.4) is 0 Å². The molecule has 0 aromatic heterocycles. The van der Waals surface area contributed by atoms with E-state index in [1.54, 1.807) is 25.5 Å². The Kier molecular flexibility index (Phi) is 5.42. The SMILES string of the molecule is CCOc1cccc(C=N[C@H](C)c2ccccc2OC)c1O. The third kappa shape index (κ3) is 3.58. The zero-order valence-corrected chi connectivity index (χ0v) is 13.1. The monoisotopic (exact) mass is 299 g/mol. The maximum atomic E-state index is 10.2. The van der Waals surface area contributed by atoms with Crippen molar-refractivity contribution in [1.82, 2.24) is 0 Å². The van der Waals surface area contributed by atoms with Crippen LogP contribution in [0.1, 0.15) is 31.0 Å².